The van der Waals surface area contributed by atoms with Crippen LogP contribution < -0.4 is 5.32 Å². The van der Waals surface area contributed by atoms with Crippen molar-refractivity contribution in [3.63, 3.8) is 0 Å². The van der Waals surface area contributed by atoms with E-state index in [0.717, 1.165) is 31.9 Å². The summed E-state index contributed by atoms with van der Waals surface area (Å²) in [5.74, 6) is 1.09. The van der Waals surface area contributed by atoms with E-state index in [0.29, 0.717) is 18.8 Å². The summed E-state index contributed by atoms with van der Waals surface area (Å²) in [6.07, 6.45) is 3.86. The molecule has 0 unspecified atom stereocenters. The van der Waals surface area contributed by atoms with E-state index in [-0.39, 0.29) is 11.4 Å². The molecule has 30 heavy (non-hydrogen) atoms. The van der Waals surface area contributed by atoms with Crippen molar-refractivity contribution >= 4 is 5.91 Å². The van der Waals surface area contributed by atoms with Crippen LogP contribution in [-0.4, -0.2) is 47.4 Å². The van der Waals surface area contributed by atoms with Crippen molar-refractivity contribution in [2.24, 2.45) is 0 Å². The first-order valence-corrected chi connectivity index (χ1v) is 11.2. The van der Waals surface area contributed by atoms with Crippen molar-refractivity contribution in [2.75, 3.05) is 26.2 Å². The standard InChI is InChI=1S/C25H37N3O2/c1-20-8-10-21(11-9-20)18-28(25(2,3)4)19-22-12-13-23(30-22)24(29)26-14-17-27-15-6-5-7-16-27/h8-13H,5-7,14-19H2,1-4H3,(H,26,29). The number of carbonyl (C=O) groups is 1. The summed E-state index contributed by atoms with van der Waals surface area (Å²) in [6.45, 7) is 14.1. The van der Waals surface area contributed by atoms with E-state index in [2.05, 4.69) is 67.1 Å². The fraction of sp³-hybridized carbons (Fsp3) is 0.560. The molecule has 3 rings (SSSR count). The predicted molar refractivity (Wildman–Crippen MR) is 122 cm³/mol. The van der Waals surface area contributed by atoms with E-state index in [9.17, 15) is 4.79 Å². The lowest BCUT2D eigenvalue weighted by atomic mass is 10.0. The maximum atomic E-state index is 12.5. The maximum absolute atomic E-state index is 12.5. The molecule has 0 aliphatic carbocycles. The summed E-state index contributed by atoms with van der Waals surface area (Å²) in [6, 6.07) is 12.4. The zero-order valence-electron chi connectivity index (χ0n) is 19.0. The zero-order valence-corrected chi connectivity index (χ0v) is 19.0. The molecule has 1 aromatic heterocycles. The number of likely N-dealkylation sites (tertiary alicyclic amines) is 1. The fourth-order valence-corrected chi connectivity index (χ4v) is 3.81. The summed E-state index contributed by atoms with van der Waals surface area (Å²) in [5, 5.41) is 3.00. The van der Waals surface area contributed by atoms with Gasteiger partial charge in [0.15, 0.2) is 5.76 Å². The Morgan fingerprint density at radius 1 is 1.03 bits per heavy atom. The first-order chi connectivity index (χ1) is 14.3. The largest absolute Gasteiger partial charge is 0.455 e. The van der Waals surface area contributed by atoms with Gasteiger partial charge in [-0.3, -0.25) is 9.69 Å². The molecule has 5 nitrogen and oxygen atoms in total. The number of rotatable bonds is 8. The van der Waals surface area contributed by atoms with Gasteiger partial charge in [0.05, 0.1) is 6.54 Å². The van der Waals surface area contributed by atoms with Gasteiger partial charge in [-0.1, -0.05) is 36.2 Å². The molecular weight excluding hydrogens is 374 g/mol. The van der Waals surface area contributed by atoms with Crippen molar-refractivity contribution < 1.29 is 9.21 Å². The van der Waals surface area contributed by atoms with E-state index < -0.39 is 0 Å². The summed E-state index contributed by atoms with van der Waals surface area (Å²) >= 11 is 0. The third-order valence-corrected chi connectivity index (χ3v) is 5.84. The Kier molecular flexibility index (Phi) is 7.73. The van der Waals surface area contributed by atoms with E-state index in [1.54, 1.807) is 6.07 Å². The molecule has 5 heteroatoms. The highest BCUT2D eigenvalue weighted by atomic mass is 16.4. The molecular formula is C25H37N3O2. The number of carbonyl (C=O) groups excluding carboxylic acids is 1. The monoisotopic (exact) mass is 411 g/mol. The highest BCUT2D eigenvalue weighted by Crippen LogP contribution is 2.22. The number of nitrogens with one attached hydrogen (secondary N) is 1. The SMILES string of the molecule is Cc1ccc(CN(Cc2ccc(C(=O)NCCN3CCCCC3)o2)C(C)(C)C)cc1. The molecule has 0 saturated carbocycles. The summed E-state index contributed by atoms with van der Waals surface area (Å²) in [5.41, 5.74) is 2.52. The van der Waals surface area contributed by atoms with E-state index in [1.807, 2.05) is 6.07 Å². The molecule has 2 heterocycles. The normalized spacial score (nSPS) is 15.5. The van der Waals surface area contributed by atoms with E-state index >= 15 is 0 Å². The van der Waals surface area contributed by atoms with Gasteiger partial charge in [-0.15, -0.1) is 0 Å². The van der Waals surface area contributed by atoms with Gasteiger partial charge in [0, 0.05) is 25.2 Å². The van der Waals surface area contributed by atoms with Gasteiger partial charge in [0.25, 0.3) is 5.91 Å². The third kappa shape index (κ3) is 6.71. The molecule has 2 aromatic rings. The number of hydrogen-bond acceptors (Lipinski definition) is 4. The zero-order chi connectivity index (χ0) is 21.6. The number of aryl methyl sites for hydroxylation is 1. The molecule has 0 radical (unpaired) electrons. The van der Waals surface area contributed by atoms with Gasteiger partial charge in [-0.05, 0) is 71.3 Å². The molecule has 1 aromatic carbocycles. The van der Waals surface area contributed by atoms with Crippen LogP contribution in [0.15, 0.2) is 40.8 Å². The van der Waals surface area contributed by atoms with E-state index in [1.165, 1.54) is 30.4 Å². The highest BCUT2D eigenvalue weighted by Gasteiger charge is 2.23. The van der Waals surface area contributed by atoms with Crippen molar-refractivity contribution in [3.05, 3.63) is 59.0 Å². The van der Waals surface area contributed by atoms with Gasteiger partial charge in [0.2, 0.25) is 0 Å². The number of benzene rings is 1. The minimum Gasteiger partial charge on any atom is -0.455 e. The number of amides is 1. The van der Waals surface area contributed by atoms with Crippen LogP contribution in [0.1, 0.15) is 67.5 Å². The lowest BCUT2D eigenvalue weighted by Gasteiger charge is -2.35. The third-order valence-electron chi connectivity index (χ3n) is 5.84. The van der Waals surface area contributed by atoms with Crippen LogP contribution in [0.4, 0.5) is 0 Å². The van der Waals surface area contributed by atoms with Crippen LogP contribution in [0, 0.1) is 6.92 Å². The molecule has 0 spiro atoms. The smallest absolute Gasteiger partial charge is 0.287 e. The second-order valence-electron chi connectivity index (χ2n) is 9.44. The lowest BCUT2D eigenvalue weighted by Crippen LogP contribution is -2.40. The van der Waals surface area contributed by atoms with Gasteiger partial charge < -0.3 is 14.6 Å². The van der Waals surface area contributed by atoms with Crippen molar-refractivity contribution in [1.82, 2.24) is 15.1 Å². The van der Waals surface area contributed by atoms with E-state index in [4.69, 9.17) is 4.42 Å². The first-order valence-electron chi connectivity index (χ1n) is 11.2. The number of nitrogens with zero attached hydrogens (tertiary/aromatic N) is 2. The Labute approximate surface area is 181 Å². The first kappa shape index (κ1) is 22.6. The highest BCUT2D eigenvalue weighted by molar-refractivity contribution is 5.91. The molecule has 164 valence electrons. The molecule has 1 amide bonds. The molecule has 0 bridgehead atoms. The van der Waals surface area contributed by atoms with Crippen molar-refractivity contribution in [3.8, 4) is 0 Å². The molecule has 1 N–H and O–H groups in total. The summed E-state index contributed by atoms with van der Waals surface area (Å²) < 4.78 is 5.90. The number of hydrogen-bond donors (Lipinski definition) is 1. The van der Waals surface area contributed by atoms with Crippen LogP contribution in [-0.2, 0) is 13.1 Å². The summed E-state index contributed by atoms with van der Waals surface area (Å²) in [4.78, 5) is 17.3. The quantitative estimate of drug-likeness (QED) is 0.689. The molecule has 1 aliphatic rings. The Morgan fingerprint density at radius 2 is 1.73 bits per heavy atom. The fourth-order valence-electron chi connectivity index (χ4n) is 3.81. The van der Waals surface area contributed by atoms with Crippen LogP contribution in [0.5, 0.6) is 0 Å². The summed E-state index contributed by atoms with van der Waals surface area (Å²) in [7, 11) is 0. The Balaban J connectivity index is 1.54. The average Bonchev–Trinajstić information content (AvgIpc) is 3.18. The van der Waals surface area contributed by atoms with Crippen molar-refractivity contribution in [2.45, 2.75) is 65.6 Å². The Bertz CT molecular complexity index is 799. The molecule has 1 fully saturated rings. The minimum atomic E-state index is -0.126. The van der Waals surface area contributed by atoms with Gasteiger partial charge >= 0.3 is 0 Å². The molecule has 1 aliphatic heterocycles. The second kappa shape index (κ2) is 10.3. The predicted octanol–water partition coefficient (Wildman–Crippen LogP) is 4.60. The van der Waals surface area contributed by atoms with Crippen LogP contribution in [0.3, 0.4) is 0 Å². The average molecular weight is 412 g/mol. The minimum absolute atomic E-state index is 0.0193. The number of furan rings is 1. The van der Waals surface area contributed by atoms with Crippen LogP contribution in [0.25, 0.3) is 0 Å². The van der Waals surface area contributed by atoms with Gasteiger partial charge in [-0.2, -0.15) is 0 Å². The van der Waals surface area contributed by atoms with Crippen molar-refractivity contribution in [1.29, 1.82) is 0 Å². The topological polar surface area (TPSA) is 48.7 Å². The number of piperidine rings is 1. The molecule has 0 atom stereocenters. The van der Waals surface area contributed by atoms with Crippen LogP contribution in [0.2, 0.25) is 0 Å². The van der Waals surface area contributed by atoms with Gasteiger partial charge in [0.1, 0.15) is 5.76 Å². The second-order valence-corrected chi connectivity index (χ2v) is 9.44. The van der Waals surface area contributed by atoms with Gasteiger partial charge in [-0.25, -0.2) is 0 Å². The van der Waals surface area contributed by atoms with Crippen LogP contribution >= 0.6 is 0 Å². The molecule has 1 saturated heterocycles. The maximum Gasteiger partial charge on any atom is 0.287 e. The lowest BCUT2D eigenvalue weighted by molar-refractivity contribution is 0.0900. The Hall–Kier alpha value is -2.11. The Morgan fingerprint density at radius 3 is 2.40 bits per heavy atom.